The first kappa shape index (κ1) is 20.4. The molecule has 0 aliphatic heterocycles. The Hall–Kier alpha value is -1.34. The molecular formula is C19H17BrCl2N4S. The summed E-state index contributed by atoms with van der Waals surface area (Å²) in [5.74, 6) is 1.63. The number of nitrogens with zero attached hydrogens (tertiary/aromatic N) is 4. The maximum absolute atomic E-state index is 6.08. The van der Waals surface area contributed by atoms with Gasteiger partial charge in [0.15, 0.2) is 5.82 Å². The summed E-state index contributed by atoms with van der Waals surface area (Å²) in [6, 6.07) is 13.7. The summed E-state index contributed by atoms with van der Waals surface area (Å²) in [5, 5.41) is 15.0. The quantitative estimate of drug-likeness (QED) is 0.285. The summed E-state index contributed by atoms with van der Waals surface area (Å²) in [6.45, 7) is 2.11. The molecule has 3 aromatic rings. The van der Waals surface area contributed by atoms with E-state index in [1.165, 1.54) is 5.56 Å². The van der Waals surface area contributed by atoms with Crippen molar-refractivity contribution in [2.45, 2.75) is 30.7 Å². The van der Waals surface area contributed by atoms with Gasteiger partial charge in [-0.25, -0.2) is 0 Å². The highest BCUT2D eigenvalue weighted by molar-refractivity contribution is 9.10. The van der Waals surface area contributed by atoms with Crippen molar-refractivity contribution in [3.05, 3.63) is 73.9 Å². The Bertz CT molecular complexity index is 941. The SMILES string of the molecule is CCCc1nnc(SCc2ccc(Br)cc2)n1/N=C\c1ccc(Cl)c(Cl)c1. The van der Waals surface area contributed by atoms with Crippen LogP contribution in [0.3, 0.4) is 0 Å². The van der Waals surface area contributed by atoms with E-state index >= 15 is 0 Å². The smallest absolute Gasteiger partial charge is 0.191 e. The molecule has 0 N–H and O–H groups in total. The van der Waals surface area contributed by atoms with Crippen LogP contribution in [0.1, 0.15) is 30.3 Å². The van der Waals surface area contributed by atoms with Crippen molar-refractivity contribution < 1.29 is 0 Å². The standard InChI is InChI=1S/C19H17BrCl2N4S/c1-2-3-18-24-25-19(27-12-13-4-7-15(20)8-5-13)26(18)23-11-14-6-9-16(21)17(22)10-14/h4-11H,2-3,12H2,1H3/b23-11-. The molecule has 4 nitrogen and oxygen atoms in total. The Labute approximate surface area is 181 Å². The van der Waals surface area contributed by atoms with Crippen LogP contribution in [0.25, 0.3) is 0 Å². The monoisotopic (exact) mass is 482 g/mol. The Morgan fingerprint density at radius 2 is 1.89 bits per heavy atom. The molecule has 0 spiro atoms. The van der Waals surface area contributed by atoms with E-state index in [1.54, 1.807) is 34.8 Å². The fraction of sp³-hybridized carbons (Fsp3) is 0.211. The molecule has 1 heterocycles. The number of halogens is 3. The molecule has 0 amide bonds. The molecule has 0 atom stereocenters. The summed E-state index contributed by atoms with van der Waals surface area (Å²) in [6.07, 6.45) is 3.52. The Kier molecular flexibility index (Phi) is 7.35. The minimum Gasteiger partial charge on any atom is -0.191 e. The zero-order valence-electron chi connectivity index (χ0n) is 14.6. The lowest BCUT2D eigenvalue weighted by atomic mass is 10.2. The van der Waals surface area contributed by atoms with Gasteiger partial charge in [0, 0.05) is 16.6 Å². The van der Waals surface area contributed by atoms with Crippen molar-refractivity contribution in [1.82, 2.24) is 14.9 Å². The van der Waals surface area contributed by atoms with Crippen molar-refractivity contribution >= 4 is 57.1 Å². The van der Waals surface area contributed by atoms with Crippen molar-refractivity contribution in [2.75, 3.05) is 0 Å². The maximum atomic E-state index is 6.08. The zero-order valence-corrected chi connectivity index (χ0v) is 18.5. The molecule has 1 aromatic heterocycles. The number of rotatable bonds is 7. The Balaban J connectivity index is 1.81. The van der Waals surface area contributed by atoms with E-state index in [0.29, 0.717) is 10.0 Å². The van der Waals surface area contributed by atoms with Gasteiger partial charge in [-0.05, 0) is 41.8 Å². The molecule has 0 bridgehead atoms. The number of hydrogen-bond acceptors (Lipinski definition) is 4. The van der Waals surface area contributed by atoms with Crippen molar-refractivity contribution in [3.8, 4) is 0 Å². The minimum absolute atomic E-state index is 0.503. The normalized spacial score (nSPS) is 11.4. The molecule has 3 rings (SSSR count). The van der Waals surface area contributed by atoms with E-state index in [9.17, 15) is 0 Å². The lowest BCUT2D eigenvalue weighted by molar-refractivity contribution is 0.700. The Morgan fingerprint density at radius 1 is 1.11 bits per heavy atom. The average Bonchev–Trinajstić information content (AvgIpc) is 3.04. The molecule has 0 aliphatic carbocycles. The predicted molar refractivity (Wildman–Crippen MR) is 117 cm³/mol. The highest BCUT2D eigenvalue weighted by Gasteiger charge is 2.11. The molecule has 140 valence electrons. The van der Waals surface area contributed by atoms with Crippen LogP contribution in [0.15, 0.2) is 57.2 Å². The van der Waals surface area contributed by atoms with Gasteiger partial charge in [0.1, 0.15) is 0 Å². The van der Waals surface area contributed by atoms with Crippen LogP contribution in [0, 0.1) is 0 Å². The van der Waals surface area contributed by atoms with Crippen LogP contribution in [-0.4, -0.2) is 21.1 Å². The van der Waals surface area contributed by atoms with Gasteiger partial charge in [-0.1, -0.05) is 76.0 Å². The summed E-state index contributed by atoms with van der Waals surface area (Å²) >= 11 is 17.1. The van der Waals surface area contributed by atoms with Gasteiger partial charge in [-0.2, -0.15) is 9.78 Å². The molecule has 0 saturated heterocycles. The van der Waals surface area contributed by atoms with Gasteiger partial charge in [0.25, 0.3) is 0 Å². The second-order valence-electron chi connectivity index (χ2n) is 5.79. The molecular weight excluding hydrogens is 467 g/mol. The summed E-state index contributed by atoms with van der Waals surface area (Å²) in [5.41, 5.74) is 2.08. The van der Waals surface area contributed by atoms with Crippen LogP contribution in [0.2, 0.25) is 10.0 Å². The molecule has 0 saturated carbocycles. The first-order chi connectivity index (χ1) is 13.1. The topological polar surface area (TPSA) is 43.1 Å². The van der Waals surface area contributed by atoms with E-state index in [-0.39, 0.29) is 0 Å². The molecule has 0 aliphatic rings. The third kappa shape index (κ3) is 5.57. The Morgan fingerprint density at radius 3 is 2.59 bits per heavy atom. The summed E-state index contributed by atoms with van der Waals surface area (Å²) in [7, 11) is 0. The van der Waals surface area contributed by atoms with Gasteiger partial charge in [0.2, 0.25) is 5.16 Å². The summed E-state index contributed by atoms with van der Waals surface area (Å²) < 4.78 is 2.87. The highest BCUT2D eigenvalue weighted by atomic mass is 79.9. The third-order valence-electron chi connectivity index (χ3n) is 3.70. The number of benzene rings is 2. The van der Waals surface area contributed by atoms with E-state index < -0.39 is 0 Å². The van der Waals surface area contributed by atoms with Gasteiger partial charge in [-0.15, -0.1) is 10.2 Å². The average molecular weight is 484 g/mol. The van der Waals surface area contributed by atoms with E-state index in [0.717, 1.165) is 39.6 Å². The van der Waals surface area contributed by atoms with Crippen molar-refractivity contribution in [1.29, 1.82) is 0 Å². The number of aryl methyl sites for hydroxylation is 1. The largest absolute Gasteiger partial charge is 0.212 e. The van der Waals surface area contributed by atoms with Crippen LogP contribution >= 0.6 is 50.9 Å². The molecule has 8 heteroatoms. The lowest BCUT2D eigenvalue weighted by Gasteiger charge is -2.04. The first-order valence-electron chi connectivity index (χ1n) is 8.37. The second kappa shape index (κ2) is 9.73. The third-order valence-corrected chi connectivity index (χ3v) is 5.96. The molecule has 2 aromatic carbocycles. The number of aromatic nitrogens is 3. The maximum Gasteiger partial charge on any atom is 0.212 e. The molecule has 0 fully saturated rings. The fourth-order valence-electron chi connectivity index (χ4n) is 2.33. The minimum atomic E-state index is 0.503. The van der Waals surface area contributed by atoms with E-state index in [2.05, 4.69) is 50.3 Å². The van der Waals surface area contributed by atoms with E-state index in [1.807, 2.05) is 18.2 Å². The first-order valence-corrected chi connectivity index (χ1v) is 10.9. The number of thioether (sulfide) groups is 1. The molecule has 27 heavy (non-hydrogen) atoms. The van der Waals surface area contributed by atoms with Gasteiger partial charge in [0.05, 0.1) is 16.3 Å². The predicted octanol–water partition coefficient (Wildman–Crippen LogP) is 6.47. The molecule has 0 radical (unpaired) electrons. The summed E-state index contributed by atoms with van der Waals surface area (Å²) in [4.78, 5) is 0. The van der Waals surface area contributed by atoms with Crippen LogP contribution in [-0.2, 0) is 12.2 Å². The van der Waals surface area contributed by atoms with Crippen molar-refractivity contribution in [3.63, 3.8) is 0 Å². The molecule has 0 unspecified atom stereocenters. The highest BCUT2D eigenvalue weighted by Crippen LogP contribution is 2.24. The van der Waals surface area contributed by atoms with Crippen LogP contribution in [0.4, 0.5) is 0 Å². The van der Waals surface area contributed by atoms with Crippen LogP contribution in [0.5, 0.6) is 0 Å². The van der Waals surface area contributed by atoms with Gasteiger partial charge >= 0.3 is 0 Å². The number of hydrogen-bond donors (Lipinski definition) is 0. The van der Waals surface area contributed by atoms with Crippen molar-refractivity contribution in [2.24, 2.45) is 5.10 Å². The van der Waals surface area contributed by atoms with Gasteiger partial charge < -0.3 is 0 Å². The van der Waals surface area contributed by atoms with E-state index in [4.69, 9.17) is 23.2 Å². The van der Waals surface area contributed by atoms with Gasteiger partial charge in [-0.3, -0.25) is 0 Å². The van der Waals surface area contributed by atoms with Crippen LogP contribution < -0.4 is 0 Å². The second-order valence-corrected chi connectivity index (χ2v) is 8.47. The fourth-order valence-corrected chi connectivity index (χ4v) is 3.76. The zero-order chi connectivity index (χ0) is 19.2. The lowest BCUT2D eigenvalue weighted by Crippen LogP contribution is -2.00.